The molecular formula is C16H17FN4S3. The molecule has 0 aliphatic heterocycles. The Morgan fingerprint density at radius 3 is 2.71 bits per heavy atom. The van der Waals surface area contributed by atoms with E-state index in [1.165, 1.54) is 33.9 Å². The number of hydrogen-bond acceptors (Lipinski definition) is 6. The maximum Gasteiger partial charge on any atom is 0.209 e. The highest BCUT2D eigenvalue weighted by Gasteiger charge is 2.09. The van der Waals surface area contributed by atoms with Gasteiger partial charge in [-0.15, -0.1) is 16.4 Å². The number of aryl methyl sites for hydroxylation is 1. The third kappa shape index (κ3) is 4.27. The fourth-order valence-corrected chi connectivity index (χ4v) is 4.19. The molecule has 0 aliphatic rings. The molecule has 0 fully saturated rings. The molecule has 0 unspecified atom stereocenters. The summed E-state index contributed by atoms with van der Waals surface area (Å²) in [4.78, 5) is 3.53. The van der Waals surface area contributed by atoms with E-state index >= 15 is 0 Å². The summed E-state index contributed by atoms with van der Waals surface area (Å²) in [6.07, 6.45) is 0. The molecule has 2 aromatic heterocycles. The fourth-order valence-electron chi connectivity index (χ4n) is 2.19. The summed E-state index contributed by atoms with van der Waals surface area (Å²) in [5.74, 6) is -0.260. The Morgan fingerprint density at radius 2 is 2.04 bits per heavy atom. The predicted octanol–water partition coefficient (Wildman–Crippen LogP) is 5.02. The van der Waals surface area contributed by atoms with Crippen LogP contribution in [0, 0.1) is 16.7 Å². The molecular weight excluding hydrogens is 363 g/mol. The maximum atomic E-state index is 13.0. The molecule has 4 nitrogen and oxygen atoms in total. The van der Waals surface area contributed by atoms with Gasteiger partial charge in [0.1, 0.15) is 5.82 Å². The topological polar surface area (TPSA) is 33.1 Å². The standard InChI is InChI=1S/C16H17FN4S3/c1-11-7-8-23-14(11)9-20(2)10-21-16(22)24-15(19-21)18-13-5-3-12(17)4-6-13/h3-8H,9-10H2,1-2H3,(H,18,19). The third-order valence-corrected chi connectivity index (χ3v) is 5.69. The first-order valence-corrected chi connectivity index (χ1v) is 9.44. The molecule has 3 aromatic rings. The van der Waals surface area contributed by atoms with Crippen LogP contribution in [0.5, 0.6) is 0 Å². The van der Waals surface area contributed by atoms with E-state index < -0.39 is 0 Å². The van der Waals surface area contributed by atoms with Crippen molar-refractivity contribution >= 4 is 45.7 Å². The van der Waals surface area contributed by atoms with Gasteiger partial charge in [0.05, 0.1) is 6.67 Å². The molecule has 0 spiro atoms. The second kappa shape index (κ2) is 7.52. The minimum atomic E-state index is -0.260. The lowest BCUT2D eigenvalue weighted by atomic mass is 10.3. The van der Waals surface area contributed by atoms with Crippen molar-refractivity contribution in [2.24, 2.45) is 0 Å². The molecule has 0 aliphatic carbocycles. The van der Waals surface area contributed by atoms with Crippen molar-refractivity contribution in [3.63, 3.8) is 0 Å². The van der Waals surface area contributed by atoms with Gasteiger partial charge in [-0.3, -0.25) is 4.90 Å². The first kappa shape index (κ1) is 17.2. The SMILES string of the molecule is Cc1ccsc1CN(C)Cn1nc(Nc2ccc(F)cc2)sc1=S. The third-order valence-electron chi connectivity index (χ3n) is 3.46. The minimum Gasteiger partial charge on any atom is -0.330 e. The Labute approximate surface area is 153 Å². The number of benzene rings is 1. The number of nitrogens with one attached hydrogen (secondary N) is 1. The predicted molar refractivity (Wildman–Crippen MR) is 101 cm³/mol. The molecule has 1 N–H and O–H groups in total. The van der Waals surface area contributed by atoms with Crippen molar-refractivity contribution in [3.8, 4) is 0 Å². The largest absolute Gasteiger partial charge is 0.330 e. The molecule has 0 bridgehead atoms. The van der Waals surface area contributed by atoms with Crippen molar-refractivity contribution in [1.82, 2.24) is 14.7 Å². The van der Waals surface area contributed by atoms with Crippen LogP contribution in [0.4, 0.5) is 15.2 Å². The summed E-state index contributed by atoms with van der Waals surface area (Å²) >= 11 is 8.56. The van der Waals surface area contributed by atoms with Crippen molar-refractivity contribution in [1.29, 1.82) is 0 Å². The first-order valence-electron chi connectivity index (χ1n) is 7.33. The van der Waals surface area contributed by atoms with Crippen LogP contribution in [0.25, 0.3) is 0 Å². The summed E-state index contributed by atoms with van der Waals surface area (Å²) in [6.45, 7) is 3.61. The van der Waals surface area contributed by atoms with E-state index in [-0.39, 0.29) is 5.82 Å². The van der Waals surface area contributed by atoms with Gasteiger partial charge >= 0.3 is 0 Å². The molecule has 8 heteroatoms. The molecule has 0 amide bonds. The highest BCUT2D eigenvalue weighted by atomic mass is 32.1. The van der Waals surface area contributed by atoms with Crippen molar-refractivity contribution in [2.45, 2.75) is 20.1 Å². The van der Waals surface area contributed by atoms with Crippen molar-refractivity contribution < 1.29 is 4.39 Å². The zero-order chi connectivity index (χ0) is 17.1. The molecule has 126 valence electrons. The van der Waals surface area contributed by atoms with Gasteiger partial charge in [0.2, 0.25) is 5.13 Å². The molecule has 0 radical (unpaired) electrons. The van der Waals surface area contributed by atoms with Crippen LogP contribution in [-0.2, 0) is 13.2 Å². The van der Waals surface area contributed by atoms with Gasteiger partial charge in [0.15, 0.2) is 3.95 Å². The first-order chi connectivity index (χ1) is 11.5. The second-order valence-corrected chi connectivity index (χ2v) is 8.11. The zero-order valence-corrected chi connectivity index (χ0v) is 15.8. The number of nitrogens with zero attached hydrogens (tertiary/aromatic N) is 3. The summed E-state index contributed by atoms with van der Waals surface area (Å²) in [6, 6.07) is 8.31. The van der Waals surface area contributed by atoms with Gasteiger partial charge in [0, 0.05) is 17.1 Å². The Balaban J connectivity index is 1.66. The van der Waals surface area contributed by atoms with Crippen LogP contribution in [0.3, 0.4) is 0 Å². The Hall–Kier alpha value is -1.61. The normalized spacial score (nSPS) is 11.2. The van der Waals surface area contributed by atoms with Gasteiger partial charge in [-0.25, -0.2) is 9.07 Å². The number of anilines is 2. The molecule has 0 saturated heterocycles. The Kier molecular flexibility index (Phi) is 5.40. The number of hydrogen-bond donors (Lipinski definition) is 1. The van der Waals surface area contributed by atoms with Crippen LogP contribution in [0.2, 0.25) is 0 Å². The molecule has 0 saturated carbocycles. The van der Waals surface area contributed by atoms with Gasteiger partial charge in [-0.1, -0.05) is 11.3 Å². The highest BCUT2D eigenvalue weighted by molar-refractivity contribution is 7.73. The van der Waals surface area contributed by atoms with E-state index in [9.17, 15) is 4.39 Å². The maximum absolute atomic E-state index is 13.0. The lowest BCUT2D eigenvalue weighted by Crippen LogP contribution is -2.22. The van der Waals surface area contributed by atoms with Crippen LogP contribution in [0.15, 0.2) is 35.7 Å². The van der Waals surface area contributed by atoms with Crippen molar-refractivity contribution in [2.75, 3.05) is 12.4 Å². The number of thiophene rings is 1. The summed E-state index contributed by atoms with van der Waals surface area (Å²) in [5.41, 5.74) is 2.10. The monoisotopic (exact) mass is 380 g/mol. The lowest BCUT2D eigenvalue weighted by Gasteiger charge is -2.15. The van der Waals surface area contributed by atoms with E-state index in [0.29, 0.717) is 15.8 Å². The molecule has 2 heterocycles. The van der Waals surface area contributed by atoms with E-state index in [0.717, 1.165) is 12.2 Å². The fraction of sp³-hybridized carbons (Fsp3) is 0.250. The van der Waals surface area contributed by atoms with E-state index in [4.69, 9.17) is 12.2 Å². The molecule has 1 aromatic carbocycles. The van der Waals surface area contributed by atoms with Gasteiger partial charge < -0.3 is 5.32 Å². The van der Waals surface area contributed by atoms with Crippen LogP contribution in [0.1, 0.15) is 10.4 Å². The van der Waals surface area contributed by atoms with Crippen LogP contribution >= 0.6 is 34.9 Å². The molecule has 24 heavy (non-hydrogen) atoms. The quantitative estimate of drug-likeness (QED) is 0.609. The van der Waals surface area contributed by atoms with Crippen LogP contribution in [-0.4, -0.2) is 21.7 Å². The molecule has 0 atom stereocenters. The Morgan fingerprint density at radius 1 is 1.29 bits per heavy atom. The van der Waals surface area contributed by atoms with E-state index in [2.05, 4.69) is 33.7 Å². The second-order valence-electron chi connectivity index (χ2n) is 5.49. The van der Waals surface area contributed by atoms with Crippen molar-refractivity contribution in [3.05, 3.63) is 55.9 Å². The average molecular weight is 381 g/mol. The summed E-state index contributed by atoms with van der Waals surface area (Å²) < 4.78 is 15.5. The molecule has 3 rings (SSSR count). The van der Waals surface area contributed by atoms with E-state index in [1.807, 2.05) is 7.05 Å². The smallest absolute Gasteiger partial charge is 0.209 e. The summed E-state index contributed by atoms with van der Waals surface area (Å²) in [5, 5.41) is 10.5. The highest BCUT2D eigenvalue weighted by Crippen LogP contribution is 2.21. The Bertz CT molecular complexity index is 866. The number of aromatic nitrogens is 2. The van der Waals surface area contributed by atoms with Gasteiger partial charge in [-0.05, 0) is 67.5 Å². The zero-order valence-electron chi connectivity index (χ0n) is 13.3. The number of halogens is 1. The number of rotatable bonds is 6. The van der Waals surface area contributed by atoms with Gasteiger partial charge in [-0.2, -0.15) is 0 Å². The van der Waals surface area contributed by atoms with Gasteiger partial charge in [0.25, 0.3) is 0 Å². The van der Waals surface area contributed by atoms with Crippen LogP contribution < -0.4 is 5.32 Å². The summed E-state index contributed by atoms with van der Waals surface area (Å²) in [7, 11) is 2.05. The average Bonchev–Trinajstić information content (AvgIpc) is 3.08. The lowest BCUT2D eigenvalue weighted by molar-refractivity contribution is 0.247. The van der Waals surface area contributed by atoms with E-state index in [1.54, 1.807) is 28.2 Å². The minimum absolute atomic E-state index is 0.260.